The molecule has 2 fully saturated rings. The van der Waals surface area contributed by atoms with E-state index in [4.69, 9.17) is 4.74 Å². The number of carboxylic acids is 1. The summed E-state index contributed by atoms with van der Waals surface area (Å²) in [6, 6.07) is 0. The Morgan fingerprint density at radius 3 is 3.00 bits per heavy atom. The first-order valence-corrected chi connectivity index (χ1v) is 11.1. The zero-order valence-electron chi connectivity index (χ0n) is 18.4. The van der Waals surface area contributed by atoms with Gasteiger partial charge in [0.15, 0.2) is 5.96 Å². The average Bonchev–Trinajstić information content (AvgIpc) is 3.08. The number of nitrogens with one attached hydrogen (secondary N) is 1. The van der Waals surface area contributed by atoms with Crippen molar-refractivity contribution in [2.24, 2.45) is 33.6 Å². The maximum Gasteiger partial charge on any atom is 0.334 e. The van der Waals surface area contributed by atoms with Gasteiger partial charge in [-0.3, -0.25) is 4.99 Å². The van der Waals surface area contributed by atoms with Gasteiger partial charge in [0.2, 0.25) is 0 Å². The number of hydrogen-bond acceptors (Lipinski definition) is 4. The molecule has 0 saturated heterocycles. The van der Waals surface area contributed by atoms with Gasteiger partial charge in [0.1, 0.15) is 5.60 Å². The normalized spacial score (nSPS) is 43.9. The molecule has 166 valence electrons. The van der Waals surface area contributed by atoms with Gasteiger partial charge in [-0.2, -0.15) is 0 Å². The second-order valence-corrected chi connectivity index (χ2v) is 9.92. The molecule has 0 aromatic rings. The van der Waals surface area contributed by atoms with Crippen molar-refractivity contribution < 1.29 is 19.7 Å². The summed E-state index contributed by atoms with van der Waals surface area (Å²) in [4.78, 5) is 19.1. The summed E-state index contributed by atoms with van der Waals surface area (Å²) in [6.07, 6.45) is 7.15. The third-order valence-corrected chi connectivity index (χ3v) is 8.76. The lowest BCUT2D eigenvalue weighted by Crippen LogP contribution is -2.60. The quantitative estimate of drug-likeness (QED) is 0.595. The average molecular weight is 426 g/mol. The van der Waals surface area contributed by atoms with E-state index in [1.165, 1.54) is 7.11 Å². The third-order valence-electron chi connectivity index (χ3n) is 8.76. The molecule has 2 aliphatic heterocycles. The van der Waals surface area contributed by atoms with E-state index in [0.717, 1.165) is 30.9 Å². The molecule has 5 bridgehead atoms. The Morgan fingerprint density at radius 1 is 1.48 bits per heavy atom. The molecule has 3 N–H and O–H groups in total. The summed E-state index contributed by atoms with van der Waals surface area (Å²) in [5.41, 5.74) is -0.947. The zero-order valence-corrected chi connectivity index (χ0v) is 18.4. The summed E-state index contributed by atoms with van der Waals surface area (Å²) in [5.74, 6) is 7.29. The molecule has 3 aliphatic carbocycles. The Balaban J connectivity index is 1.76. The van der Waals surface area contributed by atoms with Crippen molar-refractivity contribution >= 4 is 11.9 Å². The van der Waals surface area contributed by atoms with E-state index in [2.05, 4.69) is 46.2 Å². The van der Waals surface area contributed by atoms with E-state index < -0.39 is 17.0 Å². The monoisotopic (exact) mass is 425 g/mol. The number of carboxylic acid groups (broad SMARTS) is 1. The highest BCUT2D eigenvalue weighted by molar-refractivity contribution is 5.92. The number of guanidine groups is 1. The first kappa shape index (κ1) is 20.6. The Hall–Kier alpha value is -2.30. The molecule has 6 unspecified atom stereocenters. The maximum absolute atomic E-state index is 12.5. The lowest BCUT2D eigenvalue weighted by molar-refractivity contribution is -0.138. The van der Waals surface area contributed by atoms with Gasteiger partial charge >= 0.3 is 5.97 Å². The summed E-state index contributed by atoms with van der Waals surface area (Å²) < 4.78 is 5.34. The molecule has 5 aliphatic rings. The van der Waals surface area contributed by atoms with Crippen molar-refractivity contribution in [3.63, 3.8) is 0 Å². The first-order valence-electron chi connectivity index (χ1n) is 11.1. The topological polar surface area (TPSA) is 94.4 Å². The first-order chi connectivity index (χ1) is 14.8. The molecule has 0 aromatic heterocycles. The van der Waals surface area contributed by atoms with E-state index in [-0.39, 0.29) is 35.3 Å². The van der Waals surface area contributed by atoms with Gasteiger partial charge in [-0.25, -0.2) is 4.79 Å². The highest BCUT2D eigenvalue weighted by Gasteiger charge is 2.74. The van der Waals surface area contributed by atoms with Crippen molar-refractivity contribution in [2.45, 2.75) is 38.2 Å². The van der Waals surface area contributed by atoms with Crippen LogP contribution in [-0.2, 0) is 9.53 Å². The van der Waals surface area contributed by atoms with E-state index in [9.17, 15) is 15.0 Å². The fourth-order valence-corrected chi connectivity index (χ4v) is 7.92. The van der Waals surface area contributed by atoms with Crippen LogP contribution in [0.5, 0.6) is 0 Å². The Labute approximate surface area is 183 Å². The van der Waals surface area contributed by atoms with Crippen molar-refractivity contribution in [3.05, 3.63) is 23.4 Å². The van der Waals surface area contributed by atoms with Crippen LogP contribution in [0.15, 0.2) is 28.4 Å². The Kier molecular flexibility index (Phi) is 4.55. The largest absolute Gasteiger partial charge is 0.478 e. The van der Waals surface area contributed by atoms with Gasteiger partial charge in [0.05, 0.1) is 18.7 Å². The number of ether oxygens (including phenoxy) is 1. The minimum absolute atomic E-state index is 0.000633. The summed E-state index contributed by atoms with van der Waals surface area (Å²) in [5, 5.41) is 25.2. The molecule has 2 saturated carbocycles. The van der Waals surface area contributed by atoms with Gasteiger partial charge in [-0.15, -0.1) is 0 Å². The summed E-state index contributed by atoms with van der Waals surface area (Å²) >= 11 is 0. The smallest absolute Gasteiger partial charge is 0.334 e. The number of nitrogens with zero attached hydrogens (tertiary/aromatic N) is 2. The zero-order chi connectivity index (χ0) is 22.0. The number of carbonyl (C=O) groups is 1. The fourth-order valence-electron chi connectivity index (χ4n) is 7.92. The second kappa shape index (κ2) is 6.85. The molecule has 2 heterocycles. The van der Waals surface area contributed by atoms with Crippen molar-refractivity contribution in [1.82, 2.24) is 10.2 Å². The number of rotatable bonds is 3. The second-order valence-electron chi connectivity index (χ2n) is 9.92. The van der Waals surface area contributed by atoms with Crippen LogP contribution in [0.25, 0.3) is 0 Å². The van der Waals surface area contributed by atoms with E-state index in [1.54, 1.807) is 7.05 Å². The lowest BCUT2D eigenvalue weighted by atomic mass is 9.47. The predicted octanol–water partition coefficient (Wildman–Crippen LogP) is 1.61. The molecule has 2 spiro atoms. The molecule has 5 rings (SSSR count). The Morgan fingerprint density at radius 2 is 2.29 bits per heavy atom. The molecule has 31 heavy (non-hydrogen) atoms. The van der Waals surface area contributed by atoms with Crippen molar-refractivity contribution in [2.75, 3.05) is 33.9 Å². The van der Waals surface area contributed by atoms with Gasteiger partial charge in [-0.05, 0) is 43.1 Å². The minimum atomic E-state index is -1.47. The Bertz CT molecular complexity index is 975. The van der Waals surface area contributed by atoms with E-state index >= 15 is 0 Å². The molecular formula is C24H31N3O4. The molecule has 0 radical (unpaired) electrons. The van der Waals surface area contributed by atoms with Crippen LogP contribution in [0.3, 0.4) is 0 Å². The summed E-state index contributed by atoms with van der Waals surface area (Å²) in [7, 11) is 3.30. The van der Waals surface area contributed by atoms with Gasteiger partial charge < -0.3 is 25.2 Å². The number of fused-ring (bicyclic) bond motifs is 1. The van der Waals surface area contributed by atoms with Crippen LogP contribution in [0.2, 0.25) is 0 Å². The molecule has 0 amide bonds. The van der Waals surface area contributed by atoms with Crippen LogP contribution < -0.4 is 5.32 Å². The lowest BCUT2D eigenvalue weighted by Gasteiger charge is -2.59. The van der Waals surface area contributed by atoms with Crippen LogP contribution in [0.4, 0.5) is 0 Å². The van der Waals surface area contributed by atoms with Crippen LogP contribution >= 0.6 is 0 Å². The van der Waals surface area contributed by atoms with Crippen LogP contribution in [0.1, 0.15) is 32.6 Å². The number of aliphatic carboxylic acids is 1. The number of allylic oxidation sites excluding steroid dienone is 2. The highest BCUT2D eigenvalue weighted by Crippen LogP contribution is 2.77. The number of hydrogen-bond donors (Lipinski definition) is 3. The van der Waals surface area contributed by atoms with Crippen molar-refractivity contribution in [3.8, 4) is 11.8 Å². The standard InChI is InChI=1S/C24H31N3O4/c1-15-10-16-6-4-8-26-21(25-2)27-9-5-7-22(13-27)17(16)11-18-19(20(28)29)23(30,14-31-3)12-24(15,18)22/h5,9,15-17,30H,7-8,10-14H2,1-3H3,(H,25,26)(H,28,29). The molecule has 0 aromatic carbocycles. The maximum atomic E-state index is 12.5. The number of aliphatic hydroxyl groups is 1. The summed E-state index contributed by atoms with van der Waals surface area (Å²) in [6.45, 7) is 3.52. The van der Waals surface area contributed by atoms with E-state index in [0.29, 0.717) is 19.4 Å². The highest BCUT2D eigenvalue weighted by atomic mass is 16.5. The molecule has 7 heteroatoms. The predicted molar refractivity (Wildman–Crippen MR) is 116 cm³/mol. The number of aliphatic imine (C=N–C) groups is 1. The molecular weight excluding hydrogens is 394 g/mol. The van der Waals surface area contributed by atoms with Gasteiger partial charge in [0, 0.05) is 43.7 Å². The number of methoxy groups -OCH3 is 1. The minimum Gasteiger partial charge on any atom is -0.478 e. The van der Waals surface area contributed by atoms with Gasteiger partial charge in [0.25, 0.3) is 0 Å². The third kappa shape index (κ3) is 2.49. The van der Waals surface area contributed by atoms with Gasteiger partial charge in [-0.1, -0.05) is 24.8 Å². The van der Waals surface area contributed by atoms with Crippen LogP contribution in [-0.4, -0.2) is 66.5 Å². The van der Waals surface area contributed by atoms with E-state index in [1.807, 2.05) is 0 Å². The fraction of sp³-hybridized carbons (Fsp3) is 0.667. The SMILES string of the molecule is CN=C1NCC#CC2CC(C)C34CC(O)(COC)C(C(=O)O)=C3CC2C42CC=CN1C2. The molecule has 6 atom stereocenters. The molecule has 7 nitrogen and oxygen atoms in total. The van der Waals surface area contributed by atoms with Crippen LogP contribution in [0, 0.1) is 40.4 Å². The van der Waals surface area contributed by atoms with Crippen molar-refractivity contribution in [1.29, 1.82) is 0 Å².